The highest BCUT2D eigenvalue weighted by Crippen LogP contribution is 2.44. The zero-order valence-corrected chi connectivity index (χ0v) is 19.9. The van der Waals surface area contributed by atoms with Crippen molar-refractivity contribution in [2.24, 2.45) is 5.92 Å². The molecule has 3 atom stereocenters. The molecule has 0 bridgehead atoms. The summed E-state index contributed by atoms with van der Waals surface area (Å²) in [5.74, 6) is -1.51. The number of ether oxygens (including phenoxy) is 2. The van der Waals surface area contributed by atoms with Gasteiger partial charge in [-0.2, -0.15) is 0 Å². The van der Waals surface area contributed by atoms with E-state index in [-0.39, 0.29) is 56.1 Å². The third-order valence-electron chi connectivity index (χ3n) is 6.67. The van der Waals surface area contributed by atoms with Gasteiger partial charge in [0.15, 0.2) is 0 Å². The molecule has 0 radical (unpaired) electrons. The Kier molecular flexibility index (Phi) is 8.02. The Morgan fingerprint density at radius 3 is 2.37 bits per heavy atom. The fourth-order valence-corrected chi connectivity index (χ4v) is 4.98. The molecule has 1 saturated heterocycles. The summed E-state index contributed by atoms with van der Waals surface area (Å²) in [6.07, 6.45) is 0.939. The summed E-state index contributed by atoms with van der Waals surface area (Å²) in [4.78, 5) is 36.0. The first-order valence-electron chi connectivity index (χ1n) is 12.2. The van der Waals surface area contributed by atoms with Crippen LogP contribution in [-0.2, 0) is 19.1 Å². The minimum atomic E-state index is -0.934. The third-order valence-corrected chi connectivity index (χ3v) is 6.67. The van der Waals surface area contributed by atoms with E-state index in [9.17, 15) is 14.4 Å². The number of benzene rings is 2. The molecular weight excluding hydrogens is 448 g/mol. The second kappa shape index (κ2) is 11.4. The maximum atomic E-state index is 12.6. The van der Waals surface area contributed by atoms with Crippen LogP contribution in [0.25, 0.3) is 11.1 Å². The molecule has 0 spiro atoms. The second-order valence-electron chi connectivity index (χ2n) is 9.19. The average molecular weight is 481 g/mol. The monoisotopic (exact) mass is 480 g/mol. The van der Waals surface area contributed by atoms with Crippen molar-refractivity contribution in [2.45, 2.75) is 50.7 Å². The summed E-state index contributed by atoms with van der Waals surface area (Å²) >= 11 is 0. The van der Waals surface area contributed by atoms with Crippen LogP contribution in [0.1, 0.15) is 49.7 Å². The lowest BCUT2D eigenvalue weighted by Gasteiger charge is -2.18. The van der Waals surface area contributed by atoms with Crippen molar-refractivity contribution in [1.82, 2.24) is 10.6 Å². The summed E-state index contributed by atoms with van der Waals surface area (Å²) in [6.45, 7) is 2.67. The van der Waals surface area contributed by atoms with E-state index in [1.807, 2.05) is 31.2 Å². The molecule has 8 heteroatoms. The molecule has 2 aromatic rings. The molecule has 4 rings (SSSR count). The van der Waals surface area contributed by atoms with Crippen molar-refractivity contribution < 1.29 is 29.0 Å². The van der Waals surface area contributed by atoms with E-state index in [1.54, 1.807) is 0 Å². The van der Waals surface area contributed by atoms with E-state index in [2.05, 4.69) is 34.9 Å². The van der Waals surface area contributed by atoms with Gasteiger partial charge in [-0.05, 0) is 35.1 Å². The molecule has 2 aromatic carbocycles. The minimum absolute atomic E-state index is 0.00849. The number of amides is 2. The second-order valence-corrected chi connectivity index (χ2v) is 9.19. The normalized spacial score (nSPS) is 19.5. The Bertz CT molecular complexity index is 1030. The van der Waals surface area contributed by atoms with Gasteiger partial charge >= 0.3 is 12.1 Å². The van der Waals surface area contributed by atoms with Crippen LogP contribution in [-0.4, -0.2) is 55.0 Å². The van der Waals surface area contributed by atoms with Crippen LogP contribution >= 0.6 is 0 Å². The number of rotatable bonds is 10. The molecular formula is C27H32N2O6. The third kappa shape index (κ3) is 6.00. The molecule has 2 aliphatic rings. The predicted molar refractivity (Wildman–Crippen MR) is 130 cm³/mol. The number of aliphatic carboxylic acids is 1. The number of alkyl carbamates (subject to hydrolysis) is 1. The largest absolute Gasteiger partial charge is 0.481 e. The van der Waals surface area contributed by atoms with Crippen molar-refractivity contribution in [3.8, 4) is 11.1 Å². The van der Waals surface area contributed by atoms with E-state index in [0.717, 1.165) is 17.5 Å². The lowest BCUT2D eigenvalue weighted by molar-refractivity contribution is -0.137. The van der Waals surface area contributed by atoms with Crippen LogP contribution in [0.15, 0.2) is 48.5 Å². The maximum Gasteiger partial charge on any atom is 0.407 e. The van der Waals surface area contributed by atoms with Gasteiger partial charge in [0.1, 0.15) is 6.61 Å². The highest BCUT2D eigenvalue weighted by molar-refractivity contribution is 5.80. The highest BCUT2D eigenvalue weighted by atomic mass is 16.5. The van der Waals surface area contributed by atoms with Crippen molar-refractivity contribution >= 4 is 18.0 Å². The molecule has 8 nitrogen and oxygen atoms in total. The molecule has 2 amide bonds. The van der Waals surface area contributed by atoms with Gasteiger partial charge in [0.25, 0.3) is 0 Å². The lowest BCUT2D eigenvalue weighted by atomic mass is 9.98. The van der Waals surface area contributed by atoms with Gasteiger partial charge in [0.05, 0.1) is 25.0 Å². The number of hydrogen-bond donors (Lipinski definition) is 3. The average Bonchev–Trinajstić information content (AvgIpc) is 3.44. The van der Waals surface area contributed by atoms with E-state index in [4.69, 9.17) is 14.6 Å². The first-order valence-corrected chi connectivity index (χ1v) is 12.2. The molecule has 1 heterocycles. The Morgan fingerprint density at radius 1 is 1.09 bits per heavy atom. The van der Waals surface area contributed by atoms with Gasteiger partial charge in [-0.15, -0.1) is 0 Å². The Balaban J connectivity index is 1.23. The summed E-state index contributed by atoms with van der Waals surface area (Å²) in [6, 6.07) is 15.9. The van der Waals surface area contributed by atoms with Gasteiger partial charge in [-0.25, -0.2) is 4.79 Å². The van der Waals surface area contributed by atoms with Gasteiger partial charge in [0, 0.05) is 18.5 Å². The van der Waals surface area contributed by atoms with E-state index in [0.29, 0.717) is 12.8 Å². The van der Waals surface area contributed by atoms with Gasteiger partial charge in [0.2, 0.25) is 5.91 Å². The van der Waals surface area contributed by atoms with Crippen LogP contribution in [0.3, 0.4) is 0 Å². The standard InChI is InChI=1S/C27H32N2O6/c1-2-7-18(13-25(30)31)29-26(32)17-12-19(34-15-17)14-28-27(33)35-16-24-22-10-5-3-8-20(22)21-9-4-6-11-23(21)24/h3-6,8-11,17-19,24H,2,7,12-16H2,1H3,(H,28,33)(H,29,32)(H,30,31)/t17?,18-,19?/m1/s1. The zero-order chi connectivity index (χ0) is 24.8. The minimum Gasteiger partial charge on any atom is -0.481 e. The van der Waals surface area contributed by atoms with Gasteiger partial charge < -0.3 is 25.2 Å². The van der Waals surface area contributed by atoms with Crippen LogP contribution in [0.2, 0.25) is 0 Å². The van der Waals surface area contributed by atoms with Crippen LogP contribution in [0.5, 0.6) is 0 Å². The van der Waals surface area contributed by atoms with Crippen molar-refractivity contribution in [2.75, 3.05) is 19.8 Å². The van der Waals surface area contributed by atoms with Gasteiger partial charge in [-0.3, -0.25) is 9.59 Å². The van der Waals surface area contributed by atoms with Crippen LogP contribution in [0, 0.1) is 5.92 Å². The Morgan fingerprint density at radius 2 is 1.74 bits per heavy atom. The molecule has 2 unspecified atom stereocenters. The first-order chi connectivity index (χ1) is 17.0. The fourth-order valence-electron chi connectivity index (χ4n) is 4.98. The SMILES string of the molecule is CCC[C@H](CC(=O)O)NC(=O)C1COC(CNC(=O)OCC2c3ccccc3-c3ccccc32)C1. The summed E-state index contributed by atoms with van der Waals surface area (Å²) in [5.41, 5.74) is 4.65. The smallest absolute Gasteiger partial charge is 0.407 e. The molecule has 186 valence electrons. The number of nitrogens with one attached hydrogen (secondary N) is 2. The number of hydrogen-bond acceptors (Lipinski definition) is 5. The predicted octanol–water partition coefficient (Wildman–Crippen LogP) is 3.69. The quantitative estimate of drug-likeness (QED) is 0.478. The molecule has 0 aromatic heterocycles. The number of carboxylic acids is 1. The topological polar surface area (TPSA) is 114 Å². The summed E-state index contributed by atoms with van der Waals surface area (Å²) < 4.78 is 11.2. The summed E-state index contributed by atoms with van der Waals surface area (Å²) in [5, 5.41) is 14.6. The van der Waals surface area contributed by atoms with Crippen LogP contribution in [0.4, 0.5) is 4.79 Å². The van der Waals surface area contributed by atoms with Gasteiger partial charge in [-0.1, -0.05) is 61.9 Å². The van der Waals surface area contributed by atoms with E-state index >= 15 is 0 Å². The molecule has 0 saturated carbocycles. The Labute approximate surface area is 205 Å². The highest BCUT2D eigenvalue weighted by Gasteiger charge is 2.33. The zero-order valence-electron chi connectivity index (χ0n) is 19.9. The fraction of sp³-hybridized carbons (Fsp3) is 0.444. The van der Waals surface area contributed by atoms with Crippen molar-refractivity contribution in [1.29, 1.82) is 0 Å². The van der Waals surface area contributed by atoms with E-state index < -0.39 is 12.1 Å². The molecule has 3 N–H and O–H groups in total. The van der Waals surface area contributed by atoms with Crippen molar-refractivity contribution in [3.05, 3.63) is 59.7 Å². The maximum absolute atomic E-state index is 12.6. The summed E-state index contributed by atoms with van der Waals surface area (Å²) in [7, 11) is 0. The molecule has 1 aliphatic heterocycles. The number of carboxylic acid groups (broad SMARTS) is 1. The molecule has 1 fully saturated rings. The van der Waals surface area contributed by atoms with Crippen molar-refractivity contribution in [3.63, 3.8) is 0 Å². The Hall–Kier alpha value is -3.39. The molecule has 35 heavy (non-hydrogen) atoms. The number of carbonyl (C=O) groups is 3. The molecule has 1 aliphatic carbocycles. The van der Waals surface area contributed by atoms with Crippen LogP contribution < -0.4 is 10.6 Å². The number of carbonyl (C=O) groups excluding carboxylic acids is 2. The van der Waals surface area contributed by atoms with E-state index in [1.165, 1.54) is 11.1 Å². The number of fused-ring (bicyclic) bond motifs is 3. The lowest BCUT2D eigenvalue weighted by Crippen LogP contribution is -2.40. The first kappa shape index (κ1) is 24.7.